The Morgan fingerprint density at radius 2 is 1.94 bits per heavy atom. The highest BCUT2D eigenvalue weighted by atomic mass is 19.2. The zero-order chi connectivity index (χ0) is 12.6. The molecular formula is C11H12F3N3. The summed E-state index contributed by atoms with van der Waals surface area (Å²) in [5.41, 5.74) is 5.98. The van der Waals surface area contributed by atoms with Crippen molar-refractivity contribution in [2.75, 3.05) is 13.1 Å². The minimum Gasteiger partial charge on any atom is -0.370 e. The van der Waals surface area contributed by atoms with Gasteiger partial charge >= 0.3 is 0 Å². The van der Waals surface area contributed by atoms with Crippen molar-refractivity contribution >= 4 is 5.96 Å². The van der Waals surface area contributed by atoms with Crippen molar-refractivity contribution in [1.82, 2.24) is 4.90 Å². The van der Waals surface area contributed by atoms with Crippen LogP contribution < -0.4 is 5.73 Å². The van der Waals surface area contributed by atoms with Crippen LogP contribution in [0, 0.1) is 17.5 Å². The minimum absolute atomic E-state index is 0.324. The summed E-state index contributed by atoms with van der Waals surface area (Å²) in [6, 6.07) is 1.64. The summed E-state index contributed by atoms with van der Waals surface area (Å²) in [5.74, 6) is -3.51. The molecule has 0 bridgehead atoms. The van der Waals surface area contributed by atoms with E-state index in [0.717, 1.165) is 12.1 Å². The van der Waals surface area contributed by atoms with Gasteiger partial charge in [0.05, 0.1) is 12.6 Å². The number of nitrogens with zero attached hydrogens (tertiary/aromatic N) is 2. The number of likely N-dealkylation sites (N-methyl/N-ethyl adjacent to an activating group) is 1. The second kappa shape index (κ2) is 4.27. The Morgan fingerprint density at radius 3 is 2.47 bits per heavy atom. The monoisotopic (exact) mass is 243 g/mol. The molecule has 1 heterocycles. The largest absolute Gasteiger partial charge is 0.370 e. The highest BCUT2D eigenvalue weighted by Gasteiger charge is 2.27. The molecule has 1 aliphatic heterocycles. The third-order valence-electron chi connectivity index (χ3n) is 2.83. The number of benzene rings is 1. The third kappa shape index (κ3) is 1.94. The Bertz CT molecular complexity index is 450. The first-order valence-corrected chi connectivity index (χ1v) is 5.25. The average Bonchev–Trinajstić information content (AvgIpc) is 2.66. The molecule has 0 aliphatic carbocycles. The zero-order valence-electron chi connectivity index (χ0n) is 9.25. The summed E-state index contributed by atoms with van der Waals surface area (Å²) >= 11 is 0. The van der Waals surface area contributed by atoms with Crippen LogP contribution in [0.3, 0.4) is 0 Å². The number of guanidine groups is 1. The molecule has 0 spiro atoms. The highest BCUT2D eigenvalue weighted by Crippen LogP contribution is 2.27. The first kappa shape index (κ1) is 11.8. The van der Waals surface area contributed by atoms with Crippen LogP contribution in [0.15, 0.2) is 17.1 Å². The number of nitrogens with two attached hydrogens (primary N) is 1. The minimum atomic E-state index is -1.45. The van der Waals surface area contributed by atoms with Gasteiger partial charge in [0.2, 0.25) is 0 Å². The molecule has 6 heteroatoms. The maximum Gasteiger partial charge on any atom is 0.194 e. The topological polar surface area (TPSA) is 41.6 Å². The van der Waals surface area contributed by atoms with Crippen LogP contribution in [-0.2, 0) is 0 Å². The molecule has 0 amide bonds. The zero-order valence-corrected chi connectivity index (χ0v) is 9.25. The average molecular weight is 243 g/mol. The van der Waals surface area contributed by atoms with Crippen molar-refractivity contribution in [3.8, 4) is 0 Å². The summed E-state index contributed by atoms with van der Waals surface area (Å²) in [6.07, 6.45) is 0. The lowest BCUT2D eigenvalue weighted by Crippen LogP contribution is -2.35. The molecule has 2 rings (SSSR count). The van der Waals surface area contributed by atoms with E-state index in [0.29, 0.717) is 24.6 Å². The van der Waals surface area contributed by atoms with Crippen molar-refractivity contribution in [3.05, 3.63) is 35.1 Å². The fourth-order valence-electron chi connectivity index (χ4n) is 1.96. The van der Waals surface area contributed by atoms with Crippen LogP contribution in [0.5, 0.6) is 0 Å². The van der Waals surface area contributed by atoms with Crippen molar-refractivity contribution in [3.63, 3.8) is 0 Å². The molecule has 1 aromatic rings. The second-order valence-electron chi connectivity index (χ2n) is 3.80. The molecular weight excluding hydrogens is 231 g/mol. The van der Waals surface area contributed by atoms with Gasteiger partial charge in [0.15, 0.2) is 23.4 Å². The lowest BCUT2D eigenvalue weighted by Gasteiger charge is -2.25. The quantitative estimate of drug-likeness (QED) is 0.805. The fraction of sp³-hybridized carbons (Fsp3) is 0.364. The van der Waals surface area contributed by atoms with E-state index in [4.69, 9.17) is 5.73 Å². The smallest absolute Gasteiger partial charge is 0.194 e. The molecule has 1 aromatic carbocycles. The summed E-state index contributed by atoms with van der Waals surface area (Å²) in [5, 5.41) is 0. The Morgan fingerprint density at radius 1 is 1.35 bits per heavy atom. The molecule has 0 saturated heterocycles. The summed E-state index contributed by atoms with van der Waals surface area (Å²) in [7, 11) is 0. The highest BCUT2D eigenvalue weighted by molar-refractivity contribution is 5.80. The van der Waals surface area contributed by atoms with Gasteiger partial charge in [-0.05, 0) is 24.6 Å². The second-order valence-corrected chi connectivity index (χ2v) is 3.80. The molecule has 0 aromatic heterocycles. The lowest BCUT2D eigenvalue weighted by atomic mass is 10.1. The fourth-order valence-corrected chi connectivity index (χ4v) is 1.96. The van der Waals surface area contributed by atoms with Crippen LogP contribution in [-0.4, -0.2) is 23.9 Å². The SMILES string of the molecule is CCN1C(N)=NCC1c1cc(F)c(F)c(F)c1. The van der Waals surface area contributed by atoms with E-state index in [2.05, 4.69) is 4.99 Å². The molecule has 17 heavy (non-hydrogen) atoms. The van der Waals surface area contributed by atoms with Crippen LogP contribution in [0.25, 0.3) is 0 Å². The molecule has 3 nitrogen and oxygen atoms in total. The van der Waals surface area contributed by atoms with E-state index >= 15 is 0 Å². The van der Waals surface area contributed by atoms with Gasteiger partial charge in [-0.15, -0.1) is 0 Å². The third-order valence-corrected chi connectivity index (χ3v) is 2.83. The van der Waals surface area contributed by atoms with Crippen LogP contribution >= 0.6 is 0 Å². The lowest BCUT2D eigenvalue weighted by molar-refractivity contribution is 0.358. The van der Waals surface area contributed by atoms with E-state index < -0.39 is 17.5 Å². The molecule has 1 aliphatic rings. The number of halogens is 3. The van der Waals surface area contributed by atoms with E-state index in [9.17, 15) is 13.2 Å². The predicted molar refractivity (Wildman–Crippen MR) is 57.9 cm³/mol. The van der Waals surface area contributed by atoms with E-state index in [1.54, 1.807) is 4.90 Å². The predicted octanol–water partition coefficient (Wildman–Crippen LogP) is 1.80. The first-order valence-electron chi connectivity index (χ1n) is 5.25. The van der Waals surface area contributed by atoms with Gasteiger partial charge in [0, 0.05) is 6.54 Å². The summed E-state index contributed by atoms with van der Waals surface area (Å²) < 4.78 is 39.1. The van der Waals surface area contributed by atoms with Crippen LogP contribution in [0.2, 0.25) is 0 Å². The Hall–Kier alpha value is -1.72. The molecule has 1 atom stereocenters. The van der Waals surface area contributed by atoms with Gasteiger partial charge in [-0.25, -0.2) is 13.2 Å². The van der Waals surface area contributed by atoms with Gasteiger partial charge in [-0.1, -0.05) is 0 Å². The number of hydrogen-bond acceptors (Lipinski definition) is 3. The van der Waals surface area contributed by atoms with Crippen molar-refractivity contribution < 1.29 is 13.2 Å². The van der Waals surface area contributed by atoms with Crippen molar-refractivity contribution in [2.45, 2.75) is 13.0 Å². The Kier molecular flexibility index (Phi) is 2.95. The van der Waals surface area contributed by atoms with Gasteiger partial charge in [-0.3, -0.25) is 4.99 Å². The van der Waals surface area contributed by atoms with Gasteiger partial charge in [0.25, 0.3) is 0 Å². The first-order chi connectivity index (χ1) is 8.04. The van der Waals surface area contributed by atoms with Gasteiger partial charge < -0.3 is 10.6 Å². The maximum atomic E-state index is 13.1. The van der Waals surface area contributed by atoms with Crippen LogP contribution in [0.1, 0.15) is 18.5 Å². The maximum absolute atomic E-state index is 13.1. The van der Waals surface area contributed by atoms with Crippen LogP contribution in [0.4, 0.5) is 13.2 Å². The van der Waals surface area contributed by atoms with E-state index in [1.165, 1.54) is 0 Å². The standard InChI is InChI=1S/C11H12F3N3/c1-2-17-9(5-16-11(17)15)6-3-7(12)10(14)8(13)4-6/h3-4,9H,2,5H2,1H3,(H2,15,16). The summed E-state index contributed by atoms with van der Waals surface area (Å²) in [4.78, 5) is 5.72. The Balaban J connectivity index is 2.36. The normalized spacial score (nSPS) is 19.6. The molecule has 0 saturated carbocycles. The molecule has 1 unspecified atom stereocenters. The van der Waals surface area contributed by atoms with E-state index in [-0.39, 0.29) is 6.04 Å². The van der Waals surface area contributed by atoms with Crippen molar-refractivity contribution in [2.24, 2.45) is 10.7 Å². The molecule has 92 valence electrons. The van der Waals surface area contributed by atoms with Crippen molar-refractivity contribution in [1.29, 1.82) is 0 Å². The molecule has 0 radical (unpaired) electrons. The molecule has 2 N–H and O–H groups in total. The number of rotatable bonds is 2. The van der Waals surface area contributed by atoms with E-state index in [1.807, 2.05) is 6.92 Å². The number of aliphatic imine (C=N–C) groups is 1. The molecule has 0 fully saturated rings. The van der Waals surface area contributed by atoms with Gasteiger partial charge in [0.1, 0.15) is 0 Å². The Labute approximate surface area is 96.7 Å². The van der Waals surface area contributed by atoms with Gasteiger partial charge in [-0.2, -0.15) is 0 Å². The summed E-state index contributed by atoms with van der Waals surface area (Å²) in [6.45, 7) is 2.75. The number of hydrogen-bond donors (Lipinski definition) is 1.